The van der Waals surface area contributed by atoms with Crippen LogP contribution in [0.4, 0.5) is 4.39 Å². The van der Waals surface area contributed by atoms with E-state index in [1.54, 1.807) is 12.1 Å². The number of ether oxygens (including phenoxy) is 1. The molecule has 110 valence electrons. The first-order valence-electron chi connectivity index (χ1n) is 7.26. The molecule has 2 unspecified atom stereocenters. The highest BCUT2D eigenvalue weighted by molar-refractivity contribution is 6.21. The molecule has 2 aromatic carbocycles. The molecule has 3 heteroatoms. The SMILES string of the molecule is COc1ccc(C(Cl)C2CCCc3ccccc32)c(F)c1. The van der Waals surface area contributed by atoms with Gasteiger partial charge in [-0.3, -0.25) is 0 Å². The number of hydrogen-bond donors (Lipinski definition) is 0. The molecule has 0 bridgehead atoms. The van der Waals surface area contributed by atoms with Crippen LogP contribution in [-0.2, 0) is 6.42 Å². The van der Waals surface area contributed by atoms with Gasteiger partial charge < -0.3 is 4.74 Å². The Morgan fingerprint density at radius 2 is 2.05 bits per heavy atom. The third kappa shape index (κ3) is 2.77. The van der Waals surface area contributed by atoms with E-state index in [0.717, 1.165) is 19.3 Å². The summed E-state index contributed by atoms with van der Waals surface area (Å²) in [6, 6.07) is 13.3. The molecule has 0 fully saturated rings. The first kappa shape index (κ1) is 14.4. The summed E-state index contributed by atoms with van der Waals surface area (Å²) in [5.41, 5.74) is 3.16. The minimum Gasteiger partial charge on any atom is -0.497 e. The maximum absolute atomic E-state index is 14.3. The van der Waals surface area contributed by atoms with Crippen molar-refractivity contribution >= 4 is 11.6 Å². The van der Waals surface area contributed by atoms with Gasteiger partial charge in [-0.2, -0.15) is 0 Å². The third-order valence-corrected chi connectivity index (χ3v) is 4.81. The van der Waals surface area contributed by atoms with Crippen molar-refractivity contribution in [3.8, 4) is 5.75 Å². The minimum absolute atomic E-state index is 0.166. The predicted molar refractivity (Wildman–Crippen MR) is 83.7 cm³/mol. The summed E-state index contributed by atoms with van der Waals surface area (Å²) in [6.45, 7) is 0. The van der Waals surface area contributed by atoms with E-state index in [2.05, 4.69) is 18.2 Å². The second-order valence-corrected chi connectivity index (χ2v) is 5.96. The summed E-state index contributed by atoms with van der Waals surface area (Å²) in [6.07, 6.45) is 3.18. The van der Waals surface area contributed by atoms with E-state index in [4.69, 9.17) is 16.3 Å². The standard InChI is InChI=1S/C18H18ClFO/c1-21-13-9-10-16(17(20)11-13)18(19)15-8-4-6-12-5-2-3-7-14(12)15/h2-3,5,7,9-11,15,18H,4,6,8H2,1H3. The molecule has 1 nitrogen and oxygen atoms in total. The molecule has 0 N–H and O–H groups in total. The average molecular weight is 305 g/mol. The van der Waals surface area contributed by atoms with Crippen LogP contribution in [0, 0.1) is 5.82 Å². The Labute approximate surface area is 129 Å². The molecule has 1 aliphatic rings. The van der Waals surface area contributed by atoms with Crippen molar-refractivity contribution in [1.29, 1.82) is 0 Å². The first-order chi connectivity index (χ1) is 10.2. The lowest BCUT2D eigenvalue weighted by molar-refractivity contribution is 0.410. The van der Waals surface area contributed by atoms with Crippen molar-refractivity contribution in [2.24, 2.45) is 0 Å². The fourth-order valence-corrected chi connectivity index (χ4v) is 3.61. The summed E-state index contributed by atoms with van der Waals surface area (Å²) in [5, 5.41) is -0.350. The molecule has 2 aromatic rings. The summed E-state index contributed by atoms with van der Waals surface area (Å²) >= 11 is 6.63. The lowest BCUT2D eigenvalue weighted by Crippen LogP contribution is -2.15. The highest BCUT2D eigenvalue weighted by Gasteiger charge is 2.29. The van der Waals surface area contributed by atoms with Crippen LogP contribution in [0.2, 0.25) is 0 Å². The number of methoxy groups -OCH3 is 1. The van der Waals surface area contributed by atoms with Gasteiger partial charge in [-0.25, -0.2) is 4.39 Å². The number of aryl methyl sites for hydroxylation is 1. The monoisotopic (exact) mass is 304 g/mol. The largest absolute Gasteiger partial charge is 0.497 e. The van der Waals surface area contributed by atoms with Gasteiger partial charge in [-0.1, -0.05) is 30.3 Å². The van der Waals surface area contributed by atoms with Crippen LogP contribution in [0.15, 0.2) is 42.5 Å². The van der Waals surface area contributed by atoms with Crippen molar-refractivity contribution < 1.29 is 9.13 Å². The van der Waals surface area contributed by atoms with Crippen LogP contribution in [0.25, 0.3) is 0 Å². The van der Waals surface area contributed by atoms with Crippen molar-refractivity contribution in [3.63, 3.8) is 0 Å². The van der Waals surface area contributed by atoms with Gasteiger partial charge in [-0.05, 0) is 36.5 Å². The van der Waals surface area contributed by atoms with Gasteiger partial charge in [0.25, 0.3) is 0 Å². The number of rotatable bonds is 3. The number of hydrogen-bond acceptors (Lipinski definition) is 1. The molecule has 0 saturated carbocycles. The van der Waals surface area contributed by atoms with E-state index >= 15 is 0 Å². The lowest BCUT2D eigenvalue weighted by Gasteiger charge is -2.29. The Kier molecular flexibility index (Phi) is 4.16. The molecule has 0 aromatic heterocycles. The smallest absolute Gasteiger partial charge is 0.131 e. The fraction of sp³-hybridized carbons (Fsp3) is 0.333. The van der Waals surface area contributed by atoms with E-state index in [0.29, 0.717) is 11.3 Å². The normalized spacial score (nSPS) is 18.9. The molecule has 0 heterocycles. The van der Waals surface area contributed by atoms with Crippen LogP contribution in [0.3, 0.4) is 0 Å². The maximum atomic E-state index is 14.3. The van der Waals surface area contributed by atoms with E-state index < -0.39 is 0 Å². The van der Waals surface area contributed by atoms with Crippen molar-refractivity contribution in [2.75, 3.05) is 7.11 Å². The molecule has 0 radical (unpaired) electrons. The Morgan fingerprint density at radius 3 is 2.81 bits per heavy atom. The van der Waals surface area contributed by atoms with Gasteiger partial charge in [0, 0.05) is 17.5 Å². The van der Waals surface area contributed by atoms with Crippen LogP contribution in [-0.4, -0.2) is 7.11 Å². The first-order valence-corrected chi connectivity index (χ1v) is 7.69. The quantitative estimate of drug-likeness (QED) is 0.705. The predicted octanol–water partition coefficient (Wildman–Crippen LogP) is 5.23. The van der Waals surface area contributed by atoms with Gasteiger partial charge in [0.15, 0.2) is 0 Å². The van der Waals surface area contributed by atoms with Crippen LogP contribution in [0.1, 0.15) is 40.8 Å². The molecule has 2 atom stereocenters. The van der Waals surface area contributed by atoms with E-state index in [9.17, 15) is 4.39 Å². The highest BCUT2D eigenvalue weighted by atomic mass is 35.5. The van der Waals surface area contributed by atoms with Crippen LogP contribution < -0.4 is 4.74 Å². The zero-order valence-electron chi connectivity index (χ0n) is 12.0. The molecule has 0 aliphatic heterocycles. The second kappa shape index (κ2) is 6.07. The Hall–Kier alpha value is -1.54. The summed E-state index contributed by atoms with van der Waals surface area (Å²) in [7, 11) is 1.53. The van der Waals surface area contributed by atoms with Gasteiger partial charge in [0.05, 0.1) is 12.5 Å². The third-order valence-electron chi connectivity index (χ3n) is 4.27. The number of benzene rings is 2. The van der Waals surface area contributed by atoms with Gasteiger partial charge in [0.1, 0.15) is 11.6 Å². The molecular formula is C18H18ClFO. The van der Waals surface area contributed by atoms with Crippen LogP contribution in [0.5, 0.6) is 5.75 Å². The minimum atomic E-state index is -0.350. The summed E-state index contributed by atoms with van der Waals surface area (Å²) < 4.78 is 19.3. The van der Waals surface area contributed by atoms with Gasteiger partial charge >= 0.3 is 0 Å². The highest BCUT2D eigenvalue weighted by Crippen LogP contribution is 2.44. The van der Waals surface area contributed by atoms with E-state index in [1.165, 1.54) is 24.3 Å². The molecule has 21 heavy (non-hydrogen) atoms. The second-order valence-electron chi connectivity index (χ2n) is 5.49. The van der Waals surface area contributed by atoms with E-state index in [1.807, 2.05) is 6.07 Å². The fourth-order valence-electron chi connectivity index (χ4n) is 3.17. The van der Waals surface area contributed by atoms with Crippen LogP contribution >= 0.6 is 11.6 Å². The topological polar surface area (TPSA) is 9.23 Å². The van der Waals surface area contributed by atoms with Crippen molar-refractivity contribution in [1.82, 2.24) is 0 Å². The molecule has 3 rings (SSSR count). The molecule has 1 aliphatic carbocycles. The maximum Gasteiger partial charge on any atom is 0.131 e. The summed E-state index contributed by atoms with van der Waals surface area (Å²) in [4.78, 5) is 0. The Balaban J connectivity index is 1.94. The average Bonchev–Trinajstić information content (AvgIpc) is 2.53. The molecule has 0 saturated heterocycles. The van der Waals surface area contributed by atoms with Crippen molar-refractivity contribution in [3.05, 3.63) is 65.0 Å². The van der Waals surface area contributed by atoms with E-state index in [-0.39, 0.29) is 17.1 Å². The lowest BCUT2D eigenvalue weighted by atomic mass is 9.79. The Morgan fingerprint density at radius 1 is 1.24 bits per heavy atom. The number of halogens is 2. The zero-order valence-corrected chi connectivity index (χ0v) is 12.7. The van der Waals surface area contributed by atoms with Gasteiger partial charge in [0.2, 0.25) is 0 Å². The number of alkyl halides is 1. The molecule has 0 spiro atoms. The molecular weight excluding hydrogens is 287 g/mol. The Bertz CT molecular complexity index is 641. The molecule has 0 amide bonds. The number of fused-ring (bicyclic) bond motifs is 1. The zero-order chi connectivity index (χ0) is 14.8. The van der Waals surface area contributed by atoms with Crippen molar-refractivity contribution in [2.45, 2.75) is 30.6 Å². The van der Waals surface area contributed by atoms with Gasteiger partial charge in [-0.15, -0.1) is 11.6 Å². The summed E-state index contributed by atoms with van der Waals surface area (Å²) in [5.74, 6) is 0.390.